The minimum absolute atomic E-state index is 0.0848. The van der Waals surface area contributed by atoms with Crippen LogP contribution in [0.25, 0.3) is 0 Å². The average molecular weight is 387 g/mol. The molecule has 1 N–H and O–H groups in total. The molecule has 1 saturated heterocycles. The summed E-state index contributed by atoms with van der Waals surface area (Å²) in [6.07, 6.45) is 1.70. The monoisotopic (exact) mass is 387 g/mol. The Kier molecular flexibility index (Phi) is 4.28. The Morgan fingerprint density at radius 2 is 1.93 bits per heavy atom. The van der Waals surface area contributed by atoms with Crippen molar-refractivity contribution in [1.29, 1.82) is 0 Å². The van der Waals surface area contributed by atoms with E-state index in [1.807, 2.05) is 42.2 Å². The topological polar surface area (TPSA) is 71.0 Å². The van der Waals surface area contributed by atoms with Crippen LogP contribution in [0.3, 0.4) is 0 Å². The first-order valence-corrected chi connectivity index (χ1v) is 9.84. The number of Topliss-reactive ketones (excluding diaryl/α,β-unsaturated/α-hetero) is 1. The number of fused-ring (bicyclic) bond motifs is 2. The summed E-state index contributed by atoms with van der Waals surface area (Å²) in [5.41, 5.74) is 4.61. The number of rotatable bonds is 2. The standard InChI is InChI=1S/C23H21N3O3/c1-14-6-7-17-21(27)19(12-18-16-5-3-2-4-15(16)13-25-18)29-22(17)20(14)23(28)26-10-8-24-9-11-26/h2-7,12,24H,8-11,13H2,1H3/b19-12-. The molecule has 0 bridgehead atoms. The molecule has 6 nitrogen and oxygen atoms in total. The lowest BCUT2D eigenvalue weighted by Gasteiger charge is -2.28. The van der Waals surface area contributed by atoms with Gasteiger partial charge in [-0.25, -0.2) is 0 Å². The van der Waals surface area contributed by atoms with Gasteiger partial charge in [-0.15, -0.1) is 0 Å². The van der Waals surface area contributed by atoms with Crippen LogP contribution in [0.1, 0.15) is 37.4 Å². The van der Waals surface area contributed by atoms with Gasteiger partial charge in [0.1, 0.15) is 0 Å². The number of hydrogen-bond acceptors (Lipinski definition) is 5. The van der Waals surface area contributed by atoms with Gasteiger partial charge in [0.05, 0.1) is 23.4 Å². The Hall–Kier alpha value is -3.25. The molecule has 6 heteroatoms. The molecule has 0 radical (unpaired) electrons. The molecule has 0 aliphatic carbocycles. The number of ether oxygens (including phenoxy) is 1. The number of ketones is 1. The lowest BCUT2D eigenvalue weighted by atomic mass is 10.00. The van der Waals surface area contributed by atoms with Crippen molar-refractivity contribution < 1.29 is 14.3 Å². The SMILES string of the molecule is Cc1ccc2c(c1C(=O)N1CCNCC1)O/C(=C\C1=NCc3ccccc31)C2=O. The molecule has 0 atom stereocenters. The van der Waals surface area contributed by atoms with Crippen LogP contribution in [0, 0.1) is 6.92 Å². The van der Waals surface area contributed by atoms with Gasteiger partial charge in [-0.05, 0) is 24.1 Å². The maximum atomic E-state index is 13.2. The van der Waals surface area contributed by atoms with Crippen LogP contribution in [-0.4, -0.2) is 48.5 Å². The van der Waals surface area contributed by atoms with Gasteiger partial charge in [0.25, 0.3) is 5.91 Å². The first kappa shape index (κ1) is 17.8. The van der Waals surface area contributed by atoms with Crippen LogP contribution >= 0.6 is 0 Å². The summed E-state index contributed by atoms with van der Waals surface area (Å²) in [4.78, 5) is 32.5. The van der Waals surface area contributed by atoms with Crippen LogP contribution in [-0.2, 0) is 6.54 Å². The van der Waals surface area contributed by atoms with E-state index in [-0.39, 0.29) is 17.4 Å². The van der Waals surface area contributed by atoms with Crippen molar-refractivity contribution in [3.05, 3.63) is 76.1 Å². The summed E-state index contributed by atoms with van der Waals surface area (Å²) in [6, 6.07) is 11.5. The highest BCUT2D eigenvalue weighted by molar-refractivity contribution is 6.20. The molecule has 0 unspecified atom stereocenters. The molecule has 3 aliphatic rings. The zero-order valence-corrected chi connectivity index (χ0v) is 16.2. The van der Waals surface area contributed by atoms with E-state index in [1.54, 1.807) is 12.1 Å². The molecule has 0 saturated carbocycles. The van der Waals surface area contributed by atoms with Crippen molar-refractivity contribution in [3.8, 4) is 5.75 Å². The Morgan fingerprint density at radius 3 is 2.76 bits per heavy atom. The molecule has 0 aromatic heterocycles. The fraction of sp³-hybridized carbons (Fsp3) is 0.261. The molecular formula is C23H21N3O3. The summed E-state index contributed by atoms with van der Waals surface area (Å²) in [5.74, 6) is 0.298. The fourth-order valence-corrected chi connectivity index (χ4v) is 4.05. The number of amides is 1. The van der Waals surface area contributed by atoms with Crippen molar-refractivity contribution in [2.45, 2.75) is 13.5 Å². The molecule has 3 heterocycles. The predicted molar refractivity (Wildman–Crippen MR) is 110 cm³/mol. The molecule has 3 aliphatic heterocycles. The third kappa shape index (κ3) is 2.96. The Morgan fingerprint density at radius 1 is 1.14 bits per heavy atom. The van der Waals surface area contributed by atoms with Crippen LogP contribution in [0.4, 0.5) is 0 Å². The summed E-state index contributed by atoms with van der Waals surface area (Å²) in [6.45, 7) is 5.30. The zero-order valence-electron chi connectivity index (χ0n) is 16.2. The largest absolute Gasteiger partial charge is 0.452 e. The number of benzene rings is 2. The number of carbonyl (C=O) groups excluding carboxylic acids is 2. The van der Waals surface area contributed by atoms with Gasteiger partial charge in [0.2, 0.25) is 5.78 Å². The van der Waals surface area contributed by atoms with Crippen molar-refractivity contribution in [1.82, 2.24) is 10.2 Å². The van der Waals surface area contributed by atoms with Crippen molar-refractivity contribution in [3.63, 3.8) is 0 Å². The Balaban J connectivity index is 1.51. The number of nitrogens with zero attached hydrogens (tertiary/aromatic N) is 2. The highest BCUT2D eigenvalue weighted by atomic mass is 16.5. The number of hydrogen-bond donors (Lipinski definition) is 1. The van der Waals surface area contributed by atoms with Crippen molar-refractivity contribution in [2.75, 3.05) is 26.2 Å². The minimum Gasteiger partial charge on any atom is -0.452 e. The first-order chi connectivity index (χ1) is 14.1. The molecule has 2 aromatic rings. The Bertz CT molecular complexity index is 1090. The number of carbonyl (C=O) groups is 2. The predicted octanol–water partition coefficient (Wildman–Crippen LogP) is 2.50. The van der Waals surface area contributed by atoms with E-state index in [9.17, 15) is 9.59 Å². The van der Waals surface area contributed by atoms with Gasteiger partial charge in [-0.2, -0.15) is 0 Å². The summed E-state index contributed by atoms with van der Waals surface area (Å²) in [5, 5.41) is 3.25. The number of aliphatic imine (C=N–C) groups is 1. The highest BCUT2D eigenvalue weighted by Gasteiger charge is 2.34. The van der Waals surface area contributed by atoms with E-state index in [2.05, 4.69) is 10.3 Å². The molecule has 29 heavy (non-hydrogen) atoms. The van der Waals surface area contributed by atoms with Crippen LogP contribution in [0.2, 0.25) is 0 Å². The molecular weight excluding hydrogens is 366 g/mol. The van der Waals surface area contributed by atoms with Gasteiger partial charge >= 0.3 is 0 Å². The molecule has 0 spiro atoms. The van der Waals surface area contributed by atoms with E-state index in [1.165, 1.54) is 0 Å². The zero-order chi connectivity index (χ0) is 20.0. The fourth-order valence-electron chi connectivity index (χ4n) is 4.05. The molecule has 1 amide bonds. The van der Waals surface area contributed by atoms with Gasteiger partial charge in [-0.3, -0.25) is 14.6 Å². The number of piperazine rings is 1. The lowest BCUT2D eigenvalue weighted by molar-refractivity contribution is 0.0732. The third-order valence-corrected chi connectivity index (χ3v) is 5.65. The second-order valence-electron chi connectivity index (χ2n) is 7.47. The molecule has 5 rings (SSSR count). The van der Waals surface area contributed by atoms with Gasteiger partial charge in [0, 0.05) is 37.8 Å². The normalized spacial score (nSPS) is 19.1. The third-order valence-electron chi connectivity index (χ3n) is 5.65. The highest BCUT2D eigenvalue weighted by Crippen LogP contribution is 2.37. The van der Waals surface area contributed by atoms with Gasteiger partial charge in [0.15, 0.2) is 11.5 Å². The van der Waals surface area contributed by atoms with Gasteiger partial charge in [-0.1, -0.05) is 30.3 Å². The minimum atomic E-state index is -0.207. The summed E-state index contributed by atoms with van der Waals surface area (Å²) >= 11 is 0. The lowest BCUT2D eigenvalue weighted by Crippen LogP contribution is -2.46. The number of nitrogens with one attached hydrogen (secondary N) is 1. The van der Waals surface area contributed by atoms with E-state index >= 15 is 0 Å². The second kappa shape index (κ2) is 6.97. The number of allylic oxidation sites excluding steroid dienone is 2. The summed E-state index contributed by atoms with van der Waals surface area (Å²) in [7, 11) is 0. The maximum absolute atomic E-state index is 13.2. The van der Waals surface area contributed by atoms with E-state index in [0.29, 0.717) is 36.5 Å². The van der Waals surface area contributed by atoms with Crippen molar-refractivity contribution >= 4 is 17.4 Å². The smallest absolute Gasteiger partial charge is 0.258 e. The van der Waals surface area contributed by atoms with E-state index < -0.39 is 0 Å². The molecule has 146 valence electrons. The maximum Gasteiger partial charge on any atom is 0.258 e. The summed E-state index contributed by atoms with van der Waals surface area (Å²) < 4.78 is 5.99. The van der Waals surface area contributed by atoms with Gasteiger partial charge < -0.3 is 15.0 Å². The Labute approximate surface area is 168 Å². The quantitative estimate of drug-likeness (QED) is 0.804. The number of aryl methyl sites for hydroxylation is 1. The van der Waals surface area contributed by atoms with Crippen molar-refractivity contribution in [2.24, 2.45) is 4.99 Å². The van der Waals surface area contributed by atoms with Crippen LogP contribution < -0.4 is 10.1 Å². The average Bonchev–Trinajstić information content (AvgIpc) is 3.30. The van der Waals surface area contributed by atoms with E-state index in [0.717, 1.165) is 35.5 Å². The first-order valence-electron chi connectivity index (χ1n) is 9.84. The van der Waals surface area contributed by atoms with Crippen LogP contribution in [0.15, 0.2) is 53.2 Å². The molecule has 2 aromatic carbocycles. The molecule has 1 fully saturated rings. The van der Waals surface area contributed by atoms with E-state index in [4.69, 9.17) is 4.74 Å². The second-order valence-corrected chi connectivity index (χ2v) is 7.47. The van der Waals surface area contributed by atoms with Crippen LogP contribution in [0.5, 0.6) is 5.75 Å².